The Morgan fingerprint density at radius 1 is 1.52 bits per heavy atom. The lowest BCUT2D eigenvalue weighted by atomic mass is 9.90. The lowest BCUT2D eigenvalue weighted by Gasteiger charge is -2.20. The molecule has 0 radical (unpaired) electrons. The lowest BCUT2D eigenvalue weighted by Crippen LogP contribution is -2.34. The summed E-state index contributed by atoms with van der Waals surface area (Å²) in [6, 6.07) is 1.54. The second kappa shape index (κ2) is 6.00. The van der Waals surface area contributed by atoms with Crippen LogP contribution in [0.15, 0.2) is 12.3 Å². The minimum atomic E-state index is -0.889. The Kier molecular flexibility index (Phi) is 4.19. The van der Waals surface area contributed by atoms with Gasteiger partial charge in [-0.15, -0.1) is 0 Å². The largest absolute Gasteiger partial charge is 0.481 e. The Balaban J connectivity index is 1.67. The highest BCUT2D eigenvalue weighted by molar-refractivity contribution is 6.32. The molecule has 1 N–H and O–H groups in total. The van der Waals surface area contributed by atoms with Gasteiger partial charge in [0.25, 0.3) is 5.91 Å². The van der Waals surface area contributed by atoms with Crippen molar-refractivity contribution in [3.63, 3.8) is 0 Å². The standard InChI is InChI=1S/C16H19ClN2O4/c1-16(15(21)22)4-5-19(9-16)14(20)11-6-12(17)13(18-7-11)23-8-10-2-3-10/h6-7,10H,2-5,8-9H2,1H3,(H,21,22). The number of carboxylic acid groups (broad SMARTS) is 1. The number of hydrogen-bond donors (Lipinski definition) is 1. The molecular weight excluding hydrogens is 320 g/mol. The molecule has 0 aromatic carbocycles. The molecule has 2 fully saturated rings. The molecule has 1 aromatic heterocycles. The van der Waals surface area contributed by atoms with E-state index >= 15 is 0 Å². The first kappa shape index (κ1) is 16.1. The van der Waals surface area contributed by atoms with Crippen molar-refractivity contribution in [3.05, 3.63) is 22.8 Å². The Morgan fingerprint density at radius 3 is 2.83 bits per heavy atom. The first-order valence-corrected chi connectivity index (χ1v) is 8.08. The number of amides is 1. The molecule has 1 aliphatic heterocycles. The van der Waals surface area contributed by atoms with Crippen LogP contribution in [0.5, 0.6) is 5.88 Å². The fourth-order valence-electron chi connectivity index (χ4n) is 2.62. The molecule has 1 amide bonds. The van der Waals surface area contributed by atoms with Gasteiger partial charge in [-0.3, -0.25) is 9.59 Å². The van der Waals surface area contributed by atoms with Crippen molar-refractivity contribution in [2.45, 2.75) is 26.2 Å². The third-order valence-corrected chi connectivity index (χ3v) is 4.75. The molecule has 1 atom stereocenters. The van der Waals surface area contributed by atoms with Crippen LogP contribution in [0.2, 0.25) is 5.02 Å². The van der Waals surface area contributed by atoms with E-state index in [-0.39, 0.29) is 12.5 Å². The van der Waals surface area contributed by atoms with Crippen LogP contribution in [0, 0.1) is 11.3 Å². The van der Waals surface area contributed by atoms with Crippen LogP contribution in [-0.2, 0) is 4.79 Å². The van der Waals surface area contributed by atoms with Crippen LogP contribution in [0.3, 0.4) is 0 Å². The van der Waals surface area contributed by atoms with Crippen LogP contribution >= 0.6 is 11.6 Å². The number of carbonyl (C=O) groups excluding carboxylic acids is 1. The number of pyridine rings is 1. The number of nitrogens with zero attached hydrogens (tertiary/aromatic N) is 2. The van der Waals surface area contributed by atoms with Crippen LogP contribution < -0.4 is 4.74 Å². The smallest absolute Gasteiger partial charge is 0.311 e. The van der Waals surface area contributed by atoms with Crippen molar-refractivity contribution >= 4 is 23.5 Å². The van der Waals surface area contributed by atoms with E-state index in [9.17, 15) is 14.7 Å². The second-order valence-corrected chi connectivity index (χ2v) is 7.02. The SMILES string of the molecule is CC1(C(=O)O)CCN(C(=O)c2cnc(OCC3CC3)c(Cl)c2)C1. The molecule has 3 rings (SSSR count). The van der Waals surface area contributed by atoms with E-state index < -0.39 is 11.4 Å². The molecule has 1 aromatic rings. The molecule has 0 spiro atoms. The number of hydrogen-bond acceptors (Lipinski definition) is 4. The quantitative estimate of drug-likeness (QED) is 0.892. The summed E-state index contributed by atoms with van der Waals surface area (Å²) in [5.41, 5.74) is -0.538. The predicted octanol–water partition coefficient (Wildman–Crippen LogP) is 2.46. The molecule has 6 nitrogen and oxygen atoms in total. The van der Waals surface area contributed by atoms with E-state index in [1.807, 2.05) is 0 Å². The average Bonchev–Trinajstić information content (AvgIpc) is 3.25. The number of carboxylic acids is 1. The number of halogens is 1. The van der Waals surface area contributed by atoms with Crippen molar-refractivity contribution in [1.29, 1.82) is 0 Å². The van der Waals surface area contributed by atoms with E-state index in [0.717, 1.165) is 0 Å². The van der Waals surface area contributed by atoms with Gasteiger partial charge in [0.1, 0.15) is 5.02 Å². The number of aromatic nitrogens is 1. The van der Waals surface area contributed by atoms with E-state index in [2.05, 4.69) is 4.98 Å². The van der Waals surface area contributed by atoms with Gasteiger partial charge in [-0.25, -0.2) is 4.98 Å². The Bertz CT molecular complexity index is 647. The minimum absolute atomic E-state index is 0.193. The van der Waals surface area contributed by atoms with Crippen molar-refractivity contribution in [2.75, 3.05) is 19.7 Å². The molecule has 0 bridgehead atoms. The zero-order chi connectivity index (χ0) is 16.6. The average molecular weight is 339 g/mol. The van der Waals surface area contributed by atoms with Gasteiger partial charge in [-0.2, -0.15) is 0 Å². The maximum Gasteiger partial charge on any atom is 0.311 e. The van der Waals surface area contributed by atoms with Crippen LogP contribution in [0.4, 0.5) is 0 Å². The number of carbonyl (C=O) groups is 2. The molecule has 2 aliphatic rings. The maximum absolute atomic E-state index is 12.5. The topological polar surface area (TPSA) is 79.7 Å². The molecule has 23 heavy (non-hydrogen) atoms. The molecule has 1 unspecified atom stereocenters. The molecule has 1 saturated heterocycles. The van der Waals surface area contributed by atoms with Gasteiger partial charge in [0, 0.05) is 19.3 Å². The first-order valence-electron chi connectivity index (χ1n) is 7.70. The second-order valence-electron chi connectivity index (χ2n) is 6.61. The maximum atomic E-state index is 12.5. The summed E-state index contributed by atoms with van der Waals surface area (Å²) in [5, 5.41) is 9.55. The Morgan fingerprint density at radius 2 is 2.26 bits per heavy atom. The monoisotopic (exact) mass is 338 g/mol. The Labute approximate surface area is 139 Å². The summed E-state index contributed by atoms with van der Waals surface area (Å²) >= 11 is 6.14. The molecular formula is C16H19ClN2O4. The number of rotatable bonds is 5. The first-order chi connectivity index (χ1) is 10.9. The highest BCUT2D eigenvalue weighted by atomic mass is 35.5. The fraction of sp³-hybridized carbons (Fsp3) is 0.562. The number of ether oxygens (including phenoxy) is 1. The van der Waals surface area contributed by atoms with Crippen molar-refractivity contribution in [1.82, 2.24) is 9.88 Å². The summed E-state index contributed by atoms with van der Waals surface area (Å²) in [5.74, 6) is -0.203. The van der Waals surface area contributed by atoms with Crippen molar-refractivity contribution in [2.24, 2.45) is 11.3 Å². The summed E-state index contributed by atoms with van der Waals surface area (Å²) in [4.78, 5) is 29.4. The van der Waals surface area contributed by atoms with Gasteiger partial charge in [-0.1, -0.05) is 11.6 Å². The van der Waals surface area contributed by atoms with Crippen LogP contribution in [0.1, 0.15) is 36.5 Å². The summed E-state index contributed by atoms with van der Waals surface area (Å²) < 4.78 is 5.54. The van der Waals surface area contributed by atoms with Crippen LogP contribution in [-0.4, -0.2) is 46.6 Å². The van der Waals surface area contributed by atoms with Gasteiger partial charge in [0.15, 0.2) is 0 Å². The zero-order valence-electron chi connectivity index (χ0n) is 12.9. The van der Waals surface area contributed by atoms with Gasteiger partial charge in [0.2, 0.25) is 5.88 Å². The van der Waals surface area contributed by atoms with Gasteiger partial charge >= 0.3 is 5.97 Å². The van der Waals surface area contributed by atoms with Crippen molar-refractivity contribution < 1.29 is 19.4 Å². The molecule has 124 valence electrons. The van der Waals surface area contributed by atoms with Gasteiger partial charge in [0.05, 0.1) is 17.6 Å². The minimum Gasteiger partial charge on any atom is -0.481 e. The summed E-state index contributed by atoms with van der Waals surface area (Å²) in [6.45, 7) is 2.86. The predicted molar refractivity (Wildman–Crippen MR) is 83.7 cm³/mol. The molecule has 7 heteroatoms. The van der Waals surface area contributed by atoms with E-state index in [4.69, 9.17) is 16.3 Å². The molecule has 1 aliphatic carbocycles. The van der Waals surface area contributed by atoms with Crippen molar-refractivity contribution in [3.8, 4) is 5.88 Å². The van der Waals surface area contributed by atoms with Crippen LogP contribution in [0.25, 0.3) is 0 Å². The highest BCUT2D eigenvalue weighted by Crippen LogP contribution is 2.33. The zero-order valence-corrected chi connectivity index (χ0v) is 13.7. The summed E-state index contributed by atoms with van der Waals surface area (Å²) in [7, 11) is 0. The third-order valence-electron chi connectivity index (χ3n) is 4.48. The van der Waals surface area contributed by atoms with Gasteiger partial charge in [-0.05, 0) is 38.2 Å². The van der Waals surface area contributed by atoms with Gasteiger partial charge < -0.3 is 14.7 Å². The third kappa shape index (κ3) is 3.42. The Hall–Kier alpha value is -1.82. The fourth-order valence-corrected chi connectivity index (χ4v) is 2.84. The molecule has 2 heterocycles. The number of likely N-dealkylation sites (tertiary alicyclic amines) is 1. The van der Waals surface area contributed by atoms with E-state index in [1.165, 1.54) is 30.0 Å². The highest BCUT2D eigenvalue weighted by Gasteiger charge is 2.42. The van der Waals surface area contributed by atoms with E-state index in [1.54, 1.807) is 6.92 Å². The number of aliphatic carboxylic acids is 1. The summed E-state index contributed by atoms with van der Waals surface area (Å²) in [6.07, 6.45) is 4.22. The van der Waals surface area contributed by atoms with E-state index in [0.29, 0.717) is 42.0 Å². The lowest BCUT2D eigenvalue weighted by molar-refractivity contribution is -0.147. The molecule has 1 saturated carbocycles. The normalized spacial score (nSPS) is 23.8.